The van der Waals surface area contributed by atoms with E-state index < -0.39 is 20.7 Å². The Hall–Kier alpha value is -4.71. The molecule has 234 valence electrons. The second-order valence-electron chi connectivity index (χ2n) is 9.96. The largest absolute Gasteiger partial charge is 0.425 e. The van der Waals surface area contributed by atoms with Crippen molar-refractivity contribution in [1.82, 2.24) is 0 Å². The molecule has 0 aliphatic carbocycles. The van der Waals surface area contributed by atoms with Crippen molar-refractivity contribution < 1.29 is 25.6 Å². The van der Waals surface area contributed by atoms with Gasteiger partial charge >= 0.3 is 10.6 Å². The zero-order valence-corrected chi connectivity index (χ0v) is 27.9. The van der Waals surface area contributed by atoms with Crippen LogP contribution in [0.1, 0.15) is 16.7 Å². The van der Waals surface area contributed by atoms with Crippen LogP contribution in [-0.2, 0) is 20.7 Å². The van der Waals surface area contributed by atoms with Gasteiger partial charge in [0.25, 0.3) is 10.1 Å². The van der Waals surface area contributed by atoms with Gasteiger partial charge in [-0.25, -0.2) is 0 Å². The maximum atomic E-state index is 12.0. The lowest BCUT2D eigenvalue weighted by molar-refractivity contribution is 0.483. The summed E-state index contributed by atoms with van der Waals surface area (Å²) in [5, 5.41) is 1.23. The van der Waals surface area contributed by atoms with Crippen LogP contribution in [0.3, 0.4) is 0 Å². The second kappa shape index (κ2) is 15.7. The molecule has 1 aliphatic heterocycles. The molecule has 0 saturated carbocycles. The van der Waals surface area contributed by atoms with Crippen molar-refractivity contribution in [3.8, 4) is 10.4 Å². The van der Waals surface area contributed by atoms with Gasteiger partial charge in [0.2, 0.25) is 20.9 Å². The fraction of sp³-hybridized carbons (Fsp3) is 0. The van der Waals surface area contributed by atoms with Gasteiger partial charge in [0.15, 0.2) is 0 Å². The van der Waals surface area contributed by atoms with E-state index in [-0.39, 0.29) is 4.90 Å². The van der Waals surface area contributed by atoms with Crippen LogP contribution in [0.15, 0.2) is 162 Å². The summed E-state index contributed by atoms with van der Waals surface area (Å²) in [4.78, 5) is 2.91. The molecular formula is C37H27O6S4+. The molecule has 0 spiro atoms. The SMILES string of the molecule is O=S(=O)(O)c1ccccc1C1=C\C(=C/C=C/C=C/C=C/c2cc(-c3ccccc3)[s+]c3ccccc23)c2ccccc2S1.O=S(=O)=O. The van der Waals surface area contributed by atoms with Crippen LogP contribution >= 0.6 is 23.1 Å². The van der Waals surface area contributed by atoms with Crippen molar-refractivity contribution in [2.45, 2.75) is 9.79 Å². The highest BCUT2D eigenvalue weighted by atomic mass is 32.2. The normalized spacial score (nSPS) is 13.9. The average molecular weight is 696 g/mol. The summed E-state index contributed by atoms with van der Waals surface area (Å²) in [6.07, 6.45) is 16.1. The molecular weight excluding hydrogens is 669 g/mol. The minimum atomic E-state index is -4.36. The highest BCUT2D eigenvalue weighted by molar-refractivity contribution is 8.08. The van der Waals surface area contributed by atoms with E-state index in [2.05, 4.69) is 72.8 Å². The van der Waals surface area contributed by atoms with E-state index in [0.29, 0.717) is 5.56 Å². The standard InChI is InChI=1S/C37H26O3S3.O3S/c38-43(39,40)37-24-14-11-21-32(37)36-26-29(31-20-10-13-23-34(31)42-36)18-6-3-1-2-5-17-28-25-35(27-15-7-4-8-16-27)41-33-22-12-9-19-30(28)33;1-4(2)3/h1-26H;/p+1. The predicted octanol–water partition coefficient (Wildman–Crippen LogP) is 9.45. The third-order valence-corrected chi connectivity index (χ3v) is 10.1. The van der Waals surface area contributed by atoms with Gasteiger partial charge in [-0.3, -0.25) is 4.55 Å². The smallest absolute Gasteiger partial charge is 0.282 e. The van der Waals surface area contributed by atoms with E-state index in [1.807, 2.05) is 60.7 Å². The average Bonchev–Trinajstić information content (AvgIpc) is 3.07. The van der Waals surface area contributed by atoms with Crippen molar-refractivity contribution in [1.29, 1.82) is 0 Å². The van der Waals surface area contributed by atoms with Gasteiger partial charge in [0, 0.05) is 38.4 Å². The Morgan fingerprint density at radius 1 is 0.702 bits per heavy atom. The van der Waals surface area contributed by atoms with Crippen LogP contribution in [-0.4, -0.2) is 25.6 Å². The Bertz CT molecular complexity index is 2300. The van der Waals surface area contributed by atoms with Crippen molar-refractivity contribution in [3.63, 3.8) is 0 Å². The number of benzene rings is 4. The number of hydrogen-bond acceptors (Lipinski definition) is 6. The van der Waals surface area contributed by atoms with E-state index in [1.165, 1.54) is 43.9 Å². The molecule has 0 radical (unpaired) electrons. The third-order valence-electron chi connectivity index (χ3n) is 6.89. The number of fused-ring (bicyclic) bond motifs is 2. The summed E-state index contributed by atoms with van der Waals surface area (Å²) < 4.78 is 60.4. The van der Waals surface area contributed by atoms with Crippen LogP contribution in [0, 0.1) is 0 Å². The molecule has 0 unspecified atom stereocenters. The molecule has 0 bridgehead atoms. The molecule has 5 aromatic rings. The molecule has 6 rings (SSSR count). The summed E-state index contributed by atoms with van der Waals surface area (Å²) in [7, 11) is -7.47. The summed E-state index contributed by atoms with van der Waals surface area (Å²) in [6, 6.07) is 35.7. The topological polar surface area (TPSA) is 106 Å². The Morgan fingerprint density at radius 3 is 2.09 bits per heavy atom. The lowest BCUT2D eigenvalue weighted by Crippen LogP contribution is -2.03. The zero-order valence-electron chi connectivity index (χ0n) is 24.6. The molecule has 0 fully saturated rings. The monoisotopic (exact) mass is 695 g/mol. The van der Waals surface area contributed by atoms with E-state index in [4.69, 9.17) is 12.6 Å². The molecule has 0 atom stereocenters. The van der Waals surface area contributed by atoms with Gasteiger partial charge in [0.05, 0.1) is 0 Å². The van der Waals surface area contributed by atoms with Gasteiger partial charge in [0.1, 0.15) is 4.90 Å². The summed E-state index contributed by atoms with van der Waals surface area (Å²) in [5.74, 6) is 0. The van der Waals surface area contributed by atoms with Crippen molar-refractivity contribution in [2.24, 2.45) is 0 Å². The van der Waals surface area contributed by atoms with Crippen molar-refractivity contribution >= 4 is 70.5 Å². The summed E-state index contributed by atoms with van der Waals surface area (Å²) >= 11 is 3.29. The molecule has 10 heteroatoms. The highest BCUT2D eigenvalue weighted by Crippen LogP contribution is 2.45. The second-order valence-corrected chi connectivity index (χ2v) is 13.9. The predicted molar refractivity (Wildman–Crippen MR) is 193 cm³/mol. The third kappa shape index (κ3) is 8.97. The molecule has 47 heavy (non-hydrogen) atoms. The lowest BCUT2D eigenvalue weighted by atomic mass is 10.0. The van der Waals surface area contributed by atoms with Crippen LogP contribution in [0.5, 0.6) is 0 Å². The molecule has 4 aromatic carbocycles. The Balaban J connectivity index is 0.00000103. The first-order valence-electron chi connectivity index (χ1n) is 14.2. The maximum Gasteiger partial charge on any atom is 0.425 e. The molecule has 1 aromatic heterocycles. The molecule has 0 amide bonds. The van der Waals surface area contributed by atoms with Crippen LogP contribution in [0.4, 0.5) is 0 Å². The first-order chi connectivity index (χ1) is 22.7. The van der Waals surface area contributed by atoms with Gasteiger partial charge in [-0.1, -0.05) is 121 Å². The Kier molecular flexibility index (Phi) is 11.3. The summed E-state index contributed by atoms with van der Waals surface area (Å²) in [5.41, 5.74) is 4.89. The molecule has 2 heterocycles. The maximum absolute atomic E-state index is 12.0. The molecule has 6 nitrogen and oxygen atoms in total. The molecule has 1 N–H and O–H groups in total. The zero-order chi connectivity index (χ0) is 33.2. The minimum absolute atomic E-state index is 0.0967. The Labute approximate surface area is 283 Å². The number of hydrogen-bond donors (Lipinski definition) is 1. The van der Waals surface area contributed by atoms with Crippen LogP contribution < -0.4 is 0 Å². The quantitative estimate of drug-likeness (QED) is 0.103. The first kappa shape index (κ1) is 33.6. The lowest BCUT2D eigenvalue weighted by Gasteiger charge is -2.20. The van der Waals surface area contributed by atoms with E-state index in [0.717, 1.165) is 20.9 Å². The molecule has 0 saturated heterocycles. The van der Waals surface area contributed by atoms with E-state index in [9.17, 15) is 13.0 Å². The van der Waals surface area contributed by atoms with Gasteiger partial charge in [-0.15, -0.1) is 12.6 Å². The highest BCUT2D eigenvalue weighted by Gasteiger charge is 2.22. The van der Waals surface area contributed by atoms with Gasteiger partial charge in [-0.2, -0.15) is 8.42 Å². The number of rotatable bonds is 7. The van der Waals surface area contributed by atoms with Crippen LogP contribution in [0.2, 0.25) is 0 Å². The first-order valence-corrected chi connectivity index (χ1v) is 18.2. The number of allylic oxidation sites excluding steroid dienone is 8. The minimum Gasteiger partial charge on any atom is -0.282 e. The fourth-order valence-electron chi connectivity index (χ4n) is 4.88. The van der Waals surface area contributed by atoms with Crippen molar-refractivity contribution in [3.05, 3.63) is 168 Å². The number of thioether (sulfide) groups is 1. The fourth-order valence-corrected chi connectivity index (χ4v) is 7.92. The Morgan fingerprint density at radius 2 is 1.32 bits per heavy atom. The van der Waals surface area contributed by atoms with Crippen LogP contribution in [0.25, 0.3) is 37.1 Å². The van der Waals surface area contributed by atoms with E-state index >= 15 is 0 Å². The van der Waals surface area contributed by atoms with Gasteiger partial charge < -0.3 is 0 Å². The van der Waals surface area contributed by atoms with Gasteiger partial charge in [-0.05, 0) is 53.1 Å². The summed E-state index contributed by atoms with van der Waals surface area (Å²) in [6.45, 7) is 0. The van der Waals surface area contributed by atoms with E-state index in [1.54, 1.807) is 29.5 Å². The van der Waals surface area contributed by atoms with Crippen molar-refractivity contribution in [2.75, 3.05) is 0 Å². The molecule has 1 aliphatic rings.